The first kappa shape index (κ1) is 16.2. The first-order valence-electron chi connectivity index (χ1n) is 8.62. The van der Waals surface area contributed by atoms with E-state index in [4.69, 9.17) is 0 Å². The summed E-state index contributed by atoms with van der Waals surface area (Å²) in [6, 6.07) is 2.38. The van der Waals surface area contributed by atoms with E-state index < -0.39 is 0 Å². The molecule has 0 aliphatic carbocycles. The lowest BCUT2D eigenvalue weighted by molar-refractivity contribution is -0.132. The van der Waals surface area contributed by atoms with Gasteiger partial charge in [0.25, 0.3) is 5.78 Å². The number of hydrogen-bond acceptors (Lipinski definition) is 5. The highest BCUT2D eigenvalue weighted by Crippen LogP contribution is 2.33. The number of aryl methyl sites for hydroxylation is 2. The fourth-order valence-electron chi connectivity index (χ4n) is 3.77. The molecule has 1 amide bonds. The summed E-state index contributed by atoms with van der Waals surface area (Å²) in [5.41, 5.74) is 4.32. The van der Waals surface area contributed by atoms with Gasteiger partial charge in [-0.25, -0.2) is 9.50 Å². The van der Waals surface area contributed by atoms with Gasteiger partial charge in [0.1, 0.15) is 6.33 Å². The molecule has 6 nitrogen and oxygen atoms in total. The van der Waals surface area contributed by atoms with Crippen molar-refractivity contribution < 1.29 is 4.79 Å². The van der Waals surface area contributed by atoms with Crippen LogP contribution >= 0.6 is 11.3 Å². The summed E-state index contributed by atoms with van der Waals surface area (Å²) >= 11 is 1.69. The average Bonchev–Trinajstić information content (AvgIpc) is 3.33. The van der Waals surface area contributed by atoms with Crippen molar-refractivity contribution in [2.45, 2.75) is 45.6 Å². The Morgan fingerprint density at radius 3 is 3.08 bits per heavy atom. The second-order valence-electron chi connectivity index (χ2n) is 6.53. The Morgan fingerprint density at radius 1 is 1.40 bits per heavy atom. The van der Waals surface area contributed by atoms with Crippen LogP contribution in [0.3, 0.4) is 0 Å². The zero-order valence-corrected chi connectivity index (χ0v) is 15.3. The lowest BCUT2D eigenvalue weighted by Gasteiger charge is -2.24. The fourth-order valence-corrected chi connectivity index (χ4v) is 4.48. The molecular formula is C18H21N5OS. The van der Waals surface area contributed by atoms with E-state index in [1.807, 2.05) is 18.7 Å². The van der Waals surface area contributed by atoms with Gasteiger partial charge in [0.15, 0.2) is 0 Å². The highest BCUT2D eigenvalue weighted by molar-refractivity contribution is 7.07. The van der Waals surface area contributed by atoms with E-state index >= 15 is 0 Å². The van der Waals surface area contributed by atoms with Gasteiger partial charge in [-0.15, -0.1) is 0 Å². The monoisotopic (exact) mass is 355 g/mol. The van der Waals surface area contributed by atoms with Crippen LogP contribution in [-0.2, 0) is 11.2 Å². The van der Waals surface area contributed by atoms with E-state index in [9.17, 15) is 4.79 Å². The molecule has 4 rings (SSSR count). The second kappa shape index (κ2) is 6.55. The maximum absolute atomic E-state index is 12.8. The van der Waals surface area contributed by atoms with Crippen LogP contribution in [0.15, 0.2) is 23.2 Å². The number of likely N-dealkylation sites (tertiary alicyclic amines) is 1. The number of fused-ring (bicyclic) bond motifs is 1. The predicted octanol–water partition coefficient (Wildman–Crippen LogP) is 3.10. The highest BCUT2D eigenvalue weighted by atomic mass is 32.1. The Kier molecular flexibility index (Phi) is 4.25. The van der Waals surface area contributed by atoms with E-state index in [1.54, 1.807) is 15.9 Å². The van der Waals surface area contributed by atoms with Gasteiger partial charge in [0.05, 0.1) is 6.04 Å². The van der Waals surface area contributed by atoms with Crippen molar-refractivity contribution in [2.75, 3.05) is 6.54 Å². The molecule has 130 valence electrons. The van der Waals surface area contributed by atoms with Crippen molar-refractivity contribution in [1.82, 2.24) is 24.5 Å². The van der Waals surface area contributed by atoms with Gasteiger partial charge in [0, 0.05) is 24.4 Å². The van der Waals surface area contributed by atoms with Crippen LogP contribution in [0.4, 0.5) is 0 Å². The molecule has 1 aliphatic rings. The lowest BCUT2D eigenvalue weighted by atomic mass is 10.0. The number of carbonyl (C=O) groups excluding carboxylic acids is 1. The summed E-state index contributed by atoms with van der Waals surface area (Å²) in [5.74, 6) is 0.841. The van der Waals surface area contributed by atoms with Gasteiger partial charge in [-0.1, -0.05) is 0 Å². The van der Waals surface area contributed by atoms with E-state index in [2.05, 4.69) is 31.9 Å². The molecule has 3 aromatic rings. The van der Waals surface area contributed by atoms with Gasteiger partial charge < -0.3 is 4.90 Å². The van der Waals surface area contributed by atoms with Crippen LogP contribution in [0.1, 0.15) is 47.8 Å². The van der Waals surface area contributed by atoms with E-state index in [-0.39, 0.29) is 11.9 Å². The summed E-state index contributed by atoms with van der Waals surface area (Å²) in [5, 5.41) is 8.46. The van der Waals surface area contributed by atoms with E-state index in [0.717, 1.165) is 36.3 Å². The van der Waals surface area contributed by atoms with Crippen LogP contribution < -0.4 is 0 Å². The third kappa shape index (κ3) is 2.93. The third-order valence-corrected chi connectivity index (χ3v) is 5.78. The first-order valence-corrected chi connectivity index (χ1v) is 9.57. The number of carbonyl (C=O) groups is 1. The minimum Gasteiger partial charge on any atom is -0.336 e. The Balaban J connectivity index is 1.50. The predicted molar refractivity (Wildman–Crippen MR) is 96.6 cm³/mol. The average molecular weight is 355 g/mol. The zero-order valence-electron chi connectivity index (χ0n) is 14.5. The third-order valence-electron chi connectivity index (χ3n) is 5.08. The van der Waals surface area contributed by atoms with Crippen molar-refractivity contribution in [1.29, 1.82) is 0 Å². The van der Waals surface area contributed by atoms with Crippen molar-refractivity contribution in [3.8, 4) is 0 Å². The molecule has 0 saturated carbocycles. The Morgan fingerprint density at radius 2 is 2.28 bits per heavy atom. The topological polar surface area (TPSA) is 63.4 Å². The molecular weight excluding hydrogens is 334 g/mol. The molecule has 0 spiro atoms. The van der Waals surface area contributed by atoms with Crippen LogP contribution in [0.5, 0.6) is 0 Å². The molecule has 1 fully saturated rings. The molecule has 4 heterocycles. The highest BCUT2D eigenvalue weighted by Gasteiger charge is 2.30. The Labute approximate surface area is 150 Å². The standard InChI is InChI=1S/C18H21N5OS/c1-12-15(13(2)23-18(21-12)19-11-20-23)5-6-17(24)22-8-3-4-16(22)14-7-9-25-10-14/h7,9-11,16H,3-6,8H2,1-2H3/t16-/m0/s1. The second-order valence-corrected chi connectivity index (χ2v) is 7.31. The van der Waals surface area contributed by atoms with Gasteiger partial charge in [-0.2, -0.15) is 21.4 Å². The van der Waals surface area contributed by atoms with Gasteiger partial charge in [0.2, 0.25) is 5.91 Å². The molecule has 1 atom stereocenters. The number of thiophene rings is 1. The summed E-state index contributed by atoms with van der Waals surface area (Å²) in [6.07, 6.45) is 4.85. The van der Waals surface area contributed by atoms with Crippen molar-refractivity contribution in [2.24, 2.45) is 0 Å². The molecule has 0 aromatic carbocycles. The molecule has 1 saturated heterocycles. The largest absolute Gasteiger partial charge is 0.336 e. The van der Waals surface area contributed by atoms with Gasteiger partial charge in [-0.3, -0.25) is 4.79 Å². The molecule has 0 radical (unpaired) electrons. The quantitative estimate of drug-likeness (QED) is 0.721. The number of nitrogens with zero attached hydrogens (tertiary/aromatic N) is 5. The van der Waals surface area contributed by atoms with Crippen LogP contribution in [-0.4, -0.2) is 36.9 Å². The summed E-state index contributed by atoms with van der Waals surface area (Å²) in [4.78, 5) is 23.5. The summed E-state index contributed by atoms with van der Waals surface area (Å²) in [6.45, 7) is 4.85. The normalized spacial score (nSPS) is 17.5. The van der Waals surface area contributed by atoms with Gasteiger partial charge in [-0.05, 0) is 61.1 Å². The van der Waals surface area contributed by atoms with E-state index in [1.165, 1.54) is 11.9 Å². The van der Waals surface area contributed by atoms with E-state index in [0.29, 0.717) is 18.6 Å². The smallest absolute Gasteiger partial charge is 0.252 e. The molecule has 7 heteroatoms. The number of amides is 1. The maximum Gasteiger partial charge on any atom is 0.252 e. The van der Waals surface area contributed by atoms with Crippen molar-refractivity contribution in [3.05, 3.63) is 45.7 Å². The number of hydrogen-bond donors (Lipinski definition) is 0. The summed E-state index contributed by atoms with van der Waals surface area (Å²) < 4.78 is 1.75. The van der Waals surface area contributed by atoms with Crippen molar-refractivity contribution >= 4 is 23.0 Å². The molecule has 0 bridgehead atoms. The minimum atomic E-state index is 0.228. The molecule has 0 unspecified atom stereocenters. The van der Waals surface area contributed by atoms with Gasteiger partial charge >= 0.3 is 0 Å². The number of rotatable bonds is 4. The molecule has 0 N–H and O–H groups in total. The van der Waals surface area contributed by atoms with Crippen molar-refractivity contribution in [3.63, 3.8) is 0 Å². The molecule has 3 aromatic heterocycles. The SMILES string of the molecule is Cc1nc2ncnn2c(C)c1CCC(=O)N1CCC[C@H]1c1ccsc1. The first-order chi connectivity index (χ1) is 12.1. The minimum absolute atomic E-state index is 0.228. The number of aromatic nitrogens is 4. The maximum atomic E-state index is 12.8. The Bertz CT molecular complexity index is 902. The van der Waals surface area contributed by atoms with Crippen LogP contribution in [0, 0.1) is 13.8 Å². The van der Waals surface area contributed by atoms with Crippen LogP contribution in [0.25, 0.3) is 5.78 Å². The summed E-state index contributed by atoms with van der Waals surface area (Å²) in [7, 11) is 0. The lowest BCUT2D eigenvalue weighted by Crippen LogP contribution is -2.30. The molecule has 1 aliphatic heterocycles. The molecule has 25 heavy (non-hydrogen) atoms. The Hall–Kier alpha value is -2.28. The van der Waals surface area contributed by atoms with Crippen LogP contribution in [0.2, 0.25) is 0 Å². The fraction of sp³-hybridized carbons (Fsp3) is 0.444. The zero-order chi connectivity index (χ0) is 17.4.